The zero-order valence-electron chi connectivity index (χ0n) is 10.5. The summed E-state index contributed by atoms with van der Waals surface area (Å²) in [4.78, 5) is 35.3. The van der Waals surface area contributed by atoms with E-state index >= 15 is 0 Å². The monoisotopic (exact) mass is 295 g/mol. The Morgan fingerprint density at radius 1 is 1.45 bits per heavy atom. The minimum Gasteiger partial charge on any atom is -0.330 e. The second-order valence-corrected chi connectivity index (χ2v) is 5.51. The van der Waals surface area contributed by atoms with Gasteiger partial charge in [0, 0.05) is 30.9 Å². The molecule has 2 rings (SSSR count). The molecule has 1 saturated heterocycles. The Labute approximate surface area is 119 Å². The molecule has 1 aromatic rings. The maximum Gasteiger partial charge on any atom is 0.271 e. The molecule has 0 aliphatic carbocycles. The van der Waals surface area contributed by atoms with E-state index in [1.807, 2.05) is 0 Å². The molecule has 8 heteroatoms. The van der Waals surface area contributed by atoms with E-state index in [1.54, 1.807) is 0 Å². The molecule has 1 aromatic carbocycles. The number of carbonyl (C=O) groups is 2. The summed E-state index contributed by atoms with van der Waals surface area (Å²) in [6.45, 7) is 0.430. The van der Waals surface area contributed by atoms with Gasteiger partial charge in [-0.1, -0.05) is 6.07 Å². The molecule has 7 nitrogen and oxygen atoms in total. The number of anilines is 1. The van der Waals surface area contributed by atoms with E-state index in [-0.39, 0.29) is 29.6 Å². The number of nitrogens with zero attached hydrogens (tertiary/aromatic N) is 2. The third-order valence-corrected chi connectivity index (χ3v) is 4.08. The SMILES string of the molecule is NCCSC1CC(=O)N(c2cccc([N+](=O)[O-])c2)C1=O. The summed E-state index contributed by atoms with van der Waals surface area (Å²) in [6, 6.07) is 5.51. The first-order chi connectivity index (χ1) is 9.54. The van der Waals surface area contributed by atoms with E-state index in [4.69, 9.17) is 5.73 Å². The van der Waals surface area contributed by atoms with Crippen molar-refractivity contribution in [2.45, 2.75) is 11.7 Å². The van der Waals surface area contributed by atoms with Crippen molar-refractivity contribution in [2.24, 2.45) is 5.73 Å². The van der Waals surface area contributed by atoms with Crippen molar-refractivity contribution in [2.75, 3.05) is 17.2 Å². The van der Waals surface area contributed by atoms with Crippen LogP contribution in [0.15, 0.2) is 24.3 Å². The Kier molecular flexibility index (Phi) is 4.35. The molecule has 20 heavy (non-hydrogen) atoms. The Hall–Kier alpha value is -1.93. The number of thioether (sulfide) groups is 1. The largest absolute Gasteiger partial charge is 0.330 e. The number of hydrogen-bond acceptors (Lipinski definition) is 6. The lowest BCUT2D eigenvalue weighted by Crippen LogP contribution is -2.31. The maximum absolute atomic E-state index is 12.2. The van der Waals surface area contributed by atoms with Crippen LogP contribution in [-0.2, 0) is 9.59 Å². The fraction of sp³-hybridized carbons (Fsp3) is 0.333. The van der Waals surface area contributed by atoms with Gasteiger partial charge in [0.05, 0.1) is 15.9 Å². The van der Waals surface area contributed by atoms with Crippen molar-refractivity contribution in [1.29, 1.82) is 0 Å². The molecule has 0 radical (unpaired) electrons. The molecule has 2 N–H and O–H groups in total. The van der Waals surface area contributed by atoms with Gasteiger partial charge in [-0.15, -0.1) is 11.8 Å². The van der Waals surface area contributed by atoms with E-state index in [0.717, 1.165) is 4.90 Å². The standard InChI is InChI=1S/C12H13N3O4S/c13-4-5-20-10-7-11(16)14(12(10)17)8-2-1-3-9(6-8)15(18)19/h1-3,6,10H,4-5,7,13H2. The summed E-state index contributed by atoms with van der Waals surface area (Å²) >= 11 is 1.33. The van der Waals surface area contributed by atoms with Crippen molar-refractivity contribution < 1.29 is 14.5 Å². The van der Waals surface area contributed by atoms with Crippen LogP contribution < -0.4 is 10.6 Å². The van der Waals surface area contributed by atoms with Crippen molar-refractivity contribution in [1.82, 2.24) is 0 Å². The van der Waals surface area contributed by atoms with Crippen LogP contribution in [0.5, 0.6) is 0 Å². The van der Waals surface area contributed by atoms with Gasteiger partial charge in [-0.2, -0.15) is 0 Å². The highest BCUT2D eigenvalue weighted by atomic mass is 32.2. The van der Waals surface area contributed by atoms with Gasteiger partial charge >= 0.3 is 0 Å². The quantitative estimate of drug-likeness (QED) is 0.492. The zero-order chi connectivity index (χ0) is 14.7. The Morgan fingerprint density at radius 2 is 2.20 bits per heavy atom. The number of rotatable bonds is 5. The second kappa shape index (κ2) is 6.02. The van der Waals surface area contributed by atoms with E-state index in [2.05, 4.69) is 0 Å². The average molecular weight is 295 g/mol. The number of nitro groups is 1. The molecule has 1 heterocycles. The van der Waals surface area contributed by atoms with Crippen LogP contribution in [0.2, 0.25) is 0 Å². The molecule has 1 aliphatic rings. The number of amides is 2. The zero-order valence-corrected chi connectivity index (χ0v) is 11.3. The number of hydrogen-bond donors (Lipinski definition) is 1. The Balaban J connectivity index is 2.24. The summed E-state index contributed by atoms with van der Waals surface area (Å²) in [5.74, 6) is -0.0918. The number of carbonyl (C=O) groups excluding carboxylic acids is 2. The topological polar surface area (TPSA) is 107 Å². The van der Waals surface area contributed by atoms with Crippen molar-refractivity contribution in [3.05, 3.63) is 34.4 Å². The highest BCUT2D eigenvalue weighted by Gasteiger charge is 2.39. The lowest BCUT2D eigenvalue weighted by atomic mass is 10.2. The molecule has 1 fully saturated rings. The number of benzene rings is 1. The van der Waals surface area contributed by atoms with Crippen LogP contribution in [0.4, 0.5) is 11.4 Å². The number of imide groups is 1. The normalized spacial score (nSPS) is 18.6. The van der Waals surface area contributed by atoms with Crippen LogP contribution in [0, 0.1) is 10.1 Å². The summed E-state index contributed by atoms with van der Waals surface area (Å²) in [5.41, 5.74) is 5.47. The minimum absolute atomic E-state index is 0.103. The van der Waals surface area contributed by atoms with E-state index in [1.165, 1.54) is 36.0 Å². The first-order valence-electron chi connectivity index (χ1n) is 5.97. The number of nitro benzene ring substituents is 1. The van der Waals surface area contributed by atoms with Gasteiger partial charge in [-0.05, 0) is 6.07 Å². The van der Waals surface area contributed by atoms with Crippen molar-refractivity contribution >= 4 is 35.0 Å². The first kappa shape index (κ1) is 14.5. The Bertz CT molecular complexity index is 563. The number of nitrogens with two attached hydrogens (primary N) is 1. The smallest absolute Gasteiger partial charge is 0.271 e. The molecule has 2 amide bonds. The third kappa shape index (κ3) is 2.81. The van der Waals surface area contributed by atoms with E-state index in [9.17, 15) is 19.7 Å². The van der Waals surface area contributed by atoms with Crippen LogP contribution in [0.3, 0.4) is 0 Å². The summed E-state index contributed by atoms with van der Waals surface area (Å²) in [7, 11) is 0. The molecule has 0 bridgehead atoms. The summed E-state index contributed by atoms with van der Waals surface area (Å²) in [5, 5.41) is 10.3. The molecule has 0 aromatic heterocycles. The van der Waals surface area contributed by atoms with E-state index < -0.39 is 10.2 Å². The van der Waals surface area contributed by atoms with Gasteiger partial charge in [0.25, 0.3) is 5.69 Å². The predicted molar refractivity (Wildman–Crippen MR) is 75.5 cm³/mol. The second-order valence-electron chi connectivity index (χ2n) is 4.20. The van der Waals surface area contributed by atoms with Gasteiger partial charge in [-0.3, -0.25) is 19.7 Å². The van der Waals surface area contributed by atoms with Gasteiger partial charge in [0.1, 0.15) is 0 Å². The van der Waals surface area contributed by atoms with Gasteiger partial charge in [-0.25, -0.2) is 4.90 Å². The van der Waals surface area contributed by atoms with Gasteiger partial charge in [0.15, 0.2) is 0 Å². The van der Waals surface area contributed by atoms with Crippen LogP contribution in [-0.4, -0.2) is 34.3 Å². The molecule has 106 valence electrons. The first-order valence-corrected chi connectivity index (χ1v) is 7.02. The fourth-order valence-corrected chi connectivity index (χ4v) is 2.89. The Morgan fingerprint density at radius 3 is 2.85 bits per heavy atom. The fourth-order valence-electron chi connectivity index (χ4n) is 1.96. The molecular weight excluding hydrogens is 282 g/mol. The third-order valence-electron chi connectivity index (χ3n) is 2.84. The lowest BCUT2D eigenvalue weighted by molar-refractivity contribution is -0.384. The van der Waals surface area contributed by atoms with Gasteiger partial charge in [0.2, 0.25) is 11.8 Å². The summed E-state index contributed by atoms with van der Waals surface area (Å²) in [6.07, 6.45) is 0.103. The maximum atomic E-state index is 12.2. The van der Waals surface area contributed by atoms with Gasteiger partial charge < -0.3 is 5.73 Å². The molecular formula is C12H13N3O4S. The minimum atomic E-state index is -0.560. The van der Waals surface area contributed by atoms with Crippen LogP contribution in [0.25, 0.3) is 0 Å². The van der Waals surface area contributed by atoms with E-state index in [0.29, 0.717) is 12.3 Å². The molecule has 0 spiro atoms. The van der Waals surface area contributed by atoms with Crippen molar-refractivity contribution in [3.63, 3.8) is 0 Å². The molecule has 1 unspecified atom stereocenters. The average Bonchev–Trinajstić information content (AvgIpc) is 2.71. The molecule has 0 saturated carbocycles. The molecule has 1 atom stereocenters. The predicted octanol–water partition coefficient (Wildman–Crippen LogP) is 0.919. The lowest BCUT2D eigenvalue weighted by Gasteiger charge is -2.14. The highest BCUT2D eigenvalue weighted by Crippen LogP contribution is 2.30. The molecule has 1 aliphatic heterocycles. The highest BCUT2D eigenvalue weighted by molar-refractivity contribution is 8.00. The number of non-ortho nitro benzene ring substituents is 1. The van der Waals surface area contributed by atoms with Crippen LogP contribution in [0.1, 0.15) is 6.42 Å². The van der Waals surface area contributed by atoms with Crippen molar-refractivity contribution in [3.8, 4) is 0 Å². The summed E-state index contributed by atoms with van der Waals surface area (Å²) < 4.78 is 0. The van der Waals surface area contributed by atoms with Crippen LogP contribution >= 0.6 is 11.8 Å².